The van der Waals surface area contributed by atoms with E-state index in [1.807, 2.05) is 0 Å². The number of amides is 1. The van der Waals surface area contributed by atoms with Gasteiger partial charge in [0.25, 0.3) is 11.6 Å². The van der Waals surface area contributed by atoms with Crippen molar-refractivity contribution < 1.29 is 9.72 Å². The van der Waals surface area contributed by atoms with Gasteiger partial charge in [0.05, 0.1) is 33.6 Å². The summed E-state index contributed by atoms with van der Waals surface area (Å²) in [5.74, 6) is 0.427. The summed E-state index contributed by atoms with van der Waals surface area (Å²) in [5.41, 5.74) is 0.595. The number of nitro benzene ring substituents is 1. The molecule has 1 aliphatic rings. The van der Waals surface area contributed by atoms with Gasteiger partial charge in [0.2, 0.25) is 0 Å². The minimum absolute atomic E-state index is 0.0616. The van der Waals surface area contributed by atoms with Crippen LogP contribution in [0.3, 0.4) is 0 Å². The minimum Gasteiger partial charge on any atom is -0.356 e. The number of non-ortho nitro benzene ring substituents is 1. The predicted octanol–water partition coefficient (Wildman–Crippen LogP) is 4.31. The molecular weight excluding hydrogens is 478 g/mol. The van der Waals surface area contributed by atoms with Crippen LogP contribution in [-0.4, -0.2) is 55.5 Å². The number of carbonyl (C=O) groups excluding carboxylic acids is 1. The second-order valence-corrected chi connectivity index (χ2v) is 10.3. The van der Waals surface area contributed by atoms with E-state index in [-0.39, 0.29) is 22.8 Å². The number of hydrogen-bond donors (Lipinski definition) is 1. The van der Waals surface area contributed by atoms with Crippen molar-refractivity contribution in [1.82, 2.24) is 25.1 Å². The van der Waals surface area contributed by atoms with E-state index in [9.17, 15) is 14.9 Å². The van der Waals surface area contributed by atoms with Gasteiger partial charge >= 0.3 is 0 Å². The highest BCUT2D eigenvalue weighted by molar-refractivity contribution is 7.99. The molecule has 0 aliphatic carbocycles. The summed E-state index contributed by atoms with van der Waals surface area (Å²) < 4.78 is 1.75. The maximum Gasteiger partial charge on any atom is 0.270 e. The van der Waals surface area contributed by atoms with Crippen molar-refractivity contribution in [3.63, 3.8) is 0 Å². The number of aromatic nitrogens is 4. The first-order valence-electron chi connectivity index (χ1n) is 11.2. The Morgan fingerprint density at radius 2 is 2.03 bits per heavy atom. The zero-order chi connectivity index (χ0) is 24.2. The molecule has 3 heterocycles. The molecule has 0 bridgehead atoms. The standard InChI is InChI=1S/C22H26ClN7O3S/c1-14(2)34-22-26-19(28-9-4-3-5-10-28)17-13-25-29(20(17)27-22)11-8-24-21(31)16-12-15(30(32)33)6-7-18(16)23/h6-7,12-14H,3-5,8-11H2,1-2H3,(H,24,31). The van der Waals surface area contributed by atoms with Crippen LogP contribution < -0.4 is 10.2 Å². The third kappa shape index (κ3) is 5.41. The molecule has 1 aliphatic heterocycles. The fraction of sp³-hybridized carbons (Fsp3) is 0.455. The lowest BCUT2D eigenvalue weighted by molar-refractivity contribution is -0.384. The van der Waals surface area contributed by atoms with Crippen molar-refractivity contribution in [2.24, 2.45) is 0 Å². The highest BCUT2D eigenvalue weighted by Gasteiger charge is 2.21. The summed E-state index contributed by atoms with van der Waals surface area (Å²) in [4.78, 5) is 34.9. The number of nitrogens with zero attached hydrogens (tertiary/aromatic N) is 6. The Kier molecular flexibility index (Phi) is 7.52. The molecule has 12 heteroatoms. The summed E-state index contributed by atoms with van der Waals surface area (Å²) in [5, 5.41) is 20.4. The SMILES string of the molecule is CC(C)Sc1nc(N2CCCCC2)c2cnn(CCNC(=O)c3cc([N+](=O)[O-])ccc3Cl)c2n1. The topological polar surface area (TPSA) is 119 Å². The smallest absolute Gasteiger partial charge is 0.270 e. The van der Waals surface area contributed by atoms with E-state index < -0.39 is 10.8 Å². The van der Waals surface area contributed by atoms with Crippen LogP contribution in [-0.2, 0) is 6.54 Å². The summed E-state index contributed by atoms with van der Waals surface area (Å²) in [7, 11) is 0. The zero-order valence-electron chi connectivity index (χ0n) is 19.0. The molecule has 0 saturated carbocycles. The van der Waals surface area contributed by atoms with Gasteiger partial charge in [-0.25, -0.2) is 14.6 Å². The number of carbonyl (C=O) groups is 1. The molecule has 1 N–H and O–H groups in total. The van der Waals surface area contributed by atoms with Gasteiger partial charge in [-0.3, -0.25) is 14.9 Å². The average Bonchev–Trinajstić information content (AvgIpc) is 3.21. The van der Waals surface area contributed by atoms with Crippen LogP contribution in [0.5, 0.6) is 0 Å². The van der Waals surface area contributed by atoms with Gasteiger partial charge in [0, 0.05) is 37.0 Å². The second-order valence-electron chi connectivity index (χ2n) is 8.33. The lowest BCUT2D eigenvalue weighted by Crippen LogP contribution is -2.30. The number of fused-ring (bicyclic) bond motifs is 1. The Balaban J connectivity index is 1.54. The summed E-state index contributed by atoms with van der Waals surface area (Å²) in [6.45, 7) is 6.76. The molecule has 1 amide bonds. The number of benzene rings is 1. The molecule has 4 rings (SSSR count). The molecule has 0 atom stereocenters. The Hall–Kier alpha value is -2.92. The number of rotatable bonds is 8. The molecule has 10 nitrogen and oxygen atoms in total. The maximum atomic E-state index is 12.6. The first kappa shape index (κ1) is 24.2. The third-order valence-electron chi connectivity index (χ3n) is 5.47. The van der Waals surface area contributed by atoms with E-state index in [1.165, 1.54) is 24.6 Å². The molecule has 0 spiro atoms. The molecule has 0 radical (unpaired) electrons. The minimum atomic E-state index is -0.560. The van der Waals surface area contributed by atoms with E-state index in [0.29, 0.717) is 17.0 Å². The van der Waals surface area contributed by atoms with Crippen LogP contribution in [0, 0.1) is 10.1 Å². The number of anilines is 1. The number of halogens is 1. The first-order valence-corrected chi connectivity index (χ1v) is 12.5. The van der Waals surface area contributed by atoms with Gasteiger partial charge in [0.15, 0.2) is 10.8 Å². The van der Waals surface area contributed by atoms with Crippen LogP contribution in [0.1, 0.15) is 43.5 Å². The lowest BCUT2D eigenvalue weighted by Gasteiger charge is -2.28. The Morgan fingerprint density at radius 1 is 1.26 bits per heavy atom. The van der Waals surface area contributed by atoms with Crippen LogP contribution in [0.4, 0.5) is 11.5 Å². The second kappa shape index (κ2) is 10.6. The quantitative estimate of drug-likeness (QED) is 0.209. The number of piperidine rings is 1. The van der Waals surface area contributed by atoms with Crippen LogP contribution in [0.2, 0.25) is 5.02 Å². The zero-order valence-corrected chi connectivity index (χ0v) is 20.6. The van der Waals surface area contributed by atoms with Crippen LogP contribution >= 0.6 is 23.4 Å². The lowest BCUT2D eigenvalue weighted by atomic mass is 10.1. The van der Waals surface area contributed by atoms with E-state index in [1.54, 1.807) is 22.6 Å². The number of nitrogens with one attached hydrogen (secondary N) is 1. The van der Waals surface area contributed by atoms with Crippen molar-refractivity contribution in [3.8, 4) is 0 Å². The molecule has 1 fully saturated rings. The average molecular weight is 504 g/mol. The molecule has 34 heavy (non-hydrogen) atoms. The largest absolute Gasteiger partial charge is 0.356 e. The Labute approximate surface area is 206 Å². The molecular formula is C22H26ClN7O3S. The highest BCUT2D eigenvalue weighted by Crippen LogP contribution is 2.30. The monoisotopic (exact) mass is 503 g/mol. The Morgan fingerprint density at radius 3 is 2.74 bits per heavy atom. The number of hydrogen-bond acceptors (Lipinski definition) is 8. The molecule has 1 aromatic carbocycles. The van der Waals surface area contributed by atoms with Gasteiger partial charge in [-0.1, -0.05) is 37.2 Å². The third-order valence-corrected chi connectivity index (χ3v) is 6.66. The molecule has 3 aromatic rings. The maximum absolute atomic E-state index is 12.6. The predicted molar refractivity (Wildman–Crippen MR) is 133 cm³/mol. The van der Waals surface area contributed by atoms with E-state index >= 15 is 0 Å². The van der Waals surface area contributed by atoms with Gasteiger partial charge < -0.3 is 10.2 Å². The normalized spacial score (nSPS) is 14.1. The van der Waals surface area contributed by atoms with Crippen molar-refractivity contribution in [3.05, 3.63) is 45.1 Å². The highest BCUT2D eigenvalue weighted by atomic mass is 35.5. The number of thioether (sulfide) groups is 1. The molecule has 1 saturated heterocycles. The van der Waals surface area contributed by atoms with Crippen molar-refractivity contribution in [1.29, 1.82) is 0 Å². The first-order chi connectivity index (χ1) is 16.3. The van der Waals surface area contributed by atoms with E-state index in [4.69, 9.17) is 21.6 Å². The van der Waals surface area contributed by atoms with Crippen molar-refractivity contribution >= 4 is 51.8 Å². The van der Waals surface area contributed by atoms with Gasteiger partial charge in [-0.15, -0.1) is 0 Å². The fourth-order valence-corrected chi connectivity index (χ4v) is 4.77. The summed E-state index contributed by atoms with van der Waals surface area (Å²) in [6.07, 6.45) is 5.28. The van der Waals surface area contributed by atoms with E-state index in [0.717, 1.165) is 42.8 Å². The molecule has 0 unspecified atom stereocenters. The molecule has 2 aromatic heterocycles. The van der Waals surface area contributed by atoms with Crippen molar-refractivity contribution in [2.75, 3.05) is 24.5 Å². The number of nitro groups is 1. The Bertz CT molecular complexity index is 1210. The van der Waals surface area contributed by atoms with Gasteiger partial charge in [-0.05, 0) is 25.3 Å². The summed E-state index contributed by atoms with van der Waals surface area (Å²) in [6, 6.07) is 3.79. The van der Waals surface area contributed by atoms with E-state index in [2.05, 4.69) is 29.2 Å². The van der Waals surface area contributed by atoms with Crippen LogP contribution in [0.25, 0.3) is 11.0 Å². The van der Waals surface area contributed by atoms with Gasteiger partial charge in [-0.2, -0.15) is 5.10 Å². The molecule has 180 valence electrons. The van der Waals surface area contributed by atoms with Crippen LogP contribution in [0.15, 0.2) is 29.6 Å². The fourth-order valence-electron chi connectivity index (χ4n) is 3.87. The van der Waals surface area contributed by atoms with Gasteiger partial charge in [0.1, 0.15) is 5.82 Å². The summed E-state index contributed by atoms with van der Waals surface area (Å²) >= 11 is 7.68. The van der Waals surface area contributed by atoms with Crippen molar-refractivity contribution in [2.45, 2.75) is 50.1 Å².